The number of fused-ring (bicyclic) bond motifs is 1. The molecular weight excluding hydrogens is 438 g/mol. The summed E-state index contributed by atoms with van der Waals surface area (Å²) in [6.07, 6.45) is 7.16. The molecule has 5 aromatic rings. The molecule has 174 valence electrons. The van der Waals surface area contributed by atoms with Crippen LogP contribution in [0, 0.1) is 13.8 Å². The van der Waals surface area contributed by atoms with Crippen LogP contribution in [0.3, 0.4) is 0 Å². The molecule has 0 radical (unpaired) electrons. The van der Waals surface area contributed by atoms with Gasteiger partial charge in [0.25, 0.3) is 5.91 Å². The number of nitrogens with zero attached hydrogens (tertiary/aromatic N) is 4. The van der Waals surface area contributed by atoms with Crippen LogP contribution in [0.5, 0.6) is 11.5 Å². The molecule has 5 rings (SSSR count). The highest BCUT2D eigenvalue weighted by molar-refractivity contribution is 5.96. The molecule has 0 saturated carbocycles. The Balaban J connectivity index is 1.41. The summed E-state index contributed by atoms with van der Waals surface area (Å²) in [7, 11) is 1.91. The van der Waals surface area contributed by atoms with E-state index in [2.05, 4.69) is 26.4 Å². The summed E-state index contributed by atoms with van der Waals surface area (Å²) in [4.78, 5) is 21.4. The Morgan fingerprint density at radius 2 is 1.83 bits per heavy atom. The number of hydrogen-bond acceptors (Lipinski definition) is 5. The number of benzene rings is 2. The van der Waals surface area contributed by atoms with Gasteiger partial charge in [0.15, 0.2) is 0 Å². The van der Waals surface area contributed by atoms with Gasteiger partial charge in [-0.05, 0) is 67.4 Å². The second-order valence-corrected chi connectivity index (χ2v) is 8.41. The Kier molecular flexibility index (Phi) is 5.97. The third kappa shape index (κ3) is 4.61. The summed E-state index contributed by atoms with van der Waals surface area (Å²) >= 11 is 0. The van der Waals surface area contributed by atoms with Crippen molar-refractivity contribution in [3.05, 3.63) is 102 Å². The zero-order chi connectivity index (χ0) is 24.4. The lowest BCUT2D eigenvalue weighted by molar-refractivity contribution is 0.0950. The SMILES string of the molecule is Cc1nn(C)cc1-c1ccc2c(Oc3cccc(C(=O)NCc4ccncc4)c3C)ccnc2c1. The molecule has 7 heteroatoms. The van der Waals surface area contributed by atoms with Gasteiger partial charge in [-0.15, -0.1) is 0 Å². The molecule has 0 unspecified atom stereocenters. The molecule has 1 amide bonds. The fraction of sp³-hybridized carbons (Fsp3) is 0.143. The van der Waals surface area contributed by atoms with Crippen molar-refractivity contribution in [2.75, 3.05) is 0 Å². The second-order valence-electron chi connectivity index (χ2n) is 8.41. The number of hydrogen-bond donors (Lipinski definition) is 1. The number of carbonyl (C=O) groups excluding carboxylic acids is 1. The van der Waals surface area contributed by atoms with Crippen LogP contribution in [0.25, 0.3) is 22.0 Å². The fourth-order valence-corrected chi connectivity index (χ4v) is 4.13. The highest BCUT2D eigenvalue weighted by Crippen LogP contribution is 2.34. The van der Waals surface area contributed by atoms with Gasteiger partial charge >= 0.3 is 0 Å². The smallest absolute Gasteiger partial charge is 0.251 e. The summed E-state index contributed by atoms with van der Waals surface area (Å²) in [6.45, 7) is 4.32. The third-order valence-corrected chi connectivity index (χ3v) is 5.98. The normalized spacial score (nSPS) is 10.9. The van der Waals surface area contributed by atoms with Crippen LogP contribution in [-0.4, -0.2) is 25.7 Å². The molecule has 7 nitrogen and oxygen atoms in total. The molecule has 0 bridgehead atoms. The van der Waals surface area contributed by atoms with Crippen molar-refractivity contribution in [2.45, 2.75) is 20.4 Å². The highest BCUT2D eigenvalue weighted by Gasteiger charge is 2.15. The third-order valence-electron chi connectivity index (χ3n) is 5.98. The molecule has 0 aliphatic carbocycles. The van der Waals surface area contributed by atoms with Crippen LogP contribution >= 0.6 is 0 Å². The number of ether oxygens (including phenoxy) is 1. The summed E-state index contributed by atoms with van der Waals surface area (Å²) in [5.74, 6) is 1.16. The first kappa shape index (κ1) is 22.3. The van der Waals surface area contributed by atoms with Gasteiger partial charge < -0.3 is 10.1 Å². The van der Waals surface area contributed by atoms with Crippen molar-refractivity contribution in [2.24, 2.45) is 7.05 Å². The maximum atomic E-state index is 12.9. The predicted octanol–water partition coefficient (Wildman–Crippen LogP) is 5.37. The molecule has 0 aliphatic heterocycles. The van der Waals surface area contributed by atoms with Crippen molar-refractivity contribution in [1.29, 1.82) is 0 Å². The van der Waals surface area contributed by atoms with Crippen molar-refractivity contribution in [1.82, 2.24) is 25.1 Å². The topological polar surface area (TPSA) is 81.9 Å². The van der Waals surface area contributed by atoms with E-state index in [0.717, 1.165) is 38.9 Å². The van der Waals surface area contributed by atoms with Gasteiger partial charge in [-0.25, -0.2) is 0 Å². The Morgan fingerprint density at radius 1 is 1.00 bits per heavy atom. The minimum Gasteiger partial charge on any atom is -0.456 e. The van der Waals surface area contributed by atoms with Crippen LogP contribution in [0.2, 0.25) is 0 Å². The zero-order valence-electron chi connectivity index (χ0n) is 19.8. The maximum absolute atomic E-state index is 12.9. The molecule has 35 heavy (non-hydrogen) atoms. The molecule has 0 aliphatic rings. The summed E-state index contributed by atoms with van der Waals surface area (Å²) in [6, 6.07) is 17.2. The standard InChI is InChI=1S/C28H25N5O2/c1-18-22(28(34)31-16-20-9-12-29-13-10-20)5-4-6-26(18)35-27-11-14-30-25-15-21(7-8-23(25)27)24-17-33(3)32-19(24)2/h4-15,17H,16H2,1-3H3,(H,31,34). The van der Waals surface area contributed by atoms with E-state index >= 15 is 0 Å². The average Bonchev–Trinajstić information content (AvgIpc) is 3.22. The van der Waals surface area contributed by atoms with E-state index in [0.29, 0.717) is 23.6 Å². The van der Waals surface area contributed by atoms with Crippen LogP contribution < -0.4 is 10.1 Å². The van der Waals surface area contributed by atoms with Crippen molar-refractivity contribution >= 4 is 16.8 Å². The lowest BCUT2D eigenvalue weighted by Gasteiger charge is -2.14. The number of aryl methyl sites for hydroxylation is 2. The lowest BCUT2D eigenvalue weighted by Crippen LogP contribution is -2.23. The molecular formula is C28H25N5O2. The molecule has 2 aromatic carbocycles. The first-order valence-electron chi connectivity index (χ1n) is 11.3. The summed E-state index contributed by atoms with van der Waals surface area (Å²) in [5.41, 5.74) is 6.25. The highest BCUT2D eigenvalue weighted by atomic mass is 16.5. The monoisotopic (exact) mass is 463 g/mol. The van der Waals surface area contributed by atoms with Gasteiger partial charge in [0.05, 0.1) is 11.2 Å². The van der Waals surface area contributed by atoms with E-state index in [1.54, 1.807) is 24.7 Å². The largest absolute Gasteiger partial charge is 0.456 e. The molecule has 3 heterocycles. The molecule has 0 atom stereocenters. The number of aromatic nitrogens is 4. The zero-order valence-corrected chi connectivity index (χ0v) is 19.8. The van der Waals surface area contributed by atoms with Crippen LogP contribution in [0.15, 0.2) is 79.4 Å². The quantitative estimate of drug-likeness (QED) is 0.366. The number of amides is 1. The van der Waals surface area contributed by atoms with E-state index in [1.165, 1.54) is 0 Å². The molecule has 0 saturated heterocycles. The van der Waals surface area contributed by atoms with Crippen molar-refractivity contribution < 1.29 is 9.53 Å². The average molecular weight is 464 g/mol. The van der Waals surface area contributed by atoms with Gasteiger partial charge in [0.1, 0.15) is 11.5 Å². The minimum atomic E-state index is -0.152. The lowest BCUT2D eigenvalue weighted by atomic mass is 10.0. The van der Waals surface area contributed by atoms with Gasteiger partial charge in [-0.3, -0.25) is 19.4 Å². The predicted molar refractivity (Wildman–Crippen MR) is 135 cm³/mol. The number of nitrogens with one attached hydrogen (secondary N) is 1. The Bertz CT molecular complexity index is 1530. The van der Waals surface area contributed by atoms with E-state index in [1.807, 2.05) is 74.2 Å². The van der Waals surface area contributed by atoms with Crippen molar-refractivity contribution in [3.8, 4) is 22.6 Å². The summed E-state index contributed by atoms with van der Waals surface area (Å²) in [5, 5.41) is 8.30. The maximum Gasteiger partial charge on any atom is 0.251 e. The second kappa shape index (κ2) is 9.38. The van der Waals surface area contributed by atoms with Gasteiger partial charge in [-0.2, -0.15) is 5.10 Å². The van der Waals surface area contributed by atoms with Crippen LogP contribution in [-0.2, 0) is 13.6 Å². The van der Waals surface area contributed by atoms with Crippen LogP contribution in [0.1, 0.15) is 27.2 Å². The van der Waals surface area contributed by atoms with E-state index in [-0.39, 0.29) is 5.91 Å². The van der Waals surface area contributed by atoms with Crippen molar-refractivity contribution in [3.63, 3.8) is 0 Å². The number of carbonyl (C=O) groups is 1. The number of rotatable bonds is 6. The first-order valence-corrected chi connectivity index (χ1v) is 11.3. The Morgan fingerprint density at radius 3 is 2.60 bits per heavy atom. The van der Waals surface area contributed by atoms with E-state index in [4.69, 9.17) is 4.74 Å². The Labute approximate surface area is 203 Å². The molecule has 0 spiro atoms. The summed E-state index contributed by atoms with van der Waals surface area (Å²) < 4.78 is 8.12. The van der Waals surface area contributed by atoms with Gasteiger partial charge in [0.2, 0.25) is 0 Å². The first-order chi connectivity index (χ1) is 17.0. The fourth-order valence-electron chi connectivity index (χ4n) is 4.13. The van der Waals surface area contributed by atoms with Gasteiger partial charge in [-0.1, -0.05) is 12.1 Å². The van der Waals surface area contributed by atoms with Gasteiger partial charge in [0, 0.05) is 60.5 Å². The van der Waals surface area contributed by atoms with E-state index < -0.39 is 0 Å². The Hall–Kier alpha value is -4.52. The van der Waals surface area contributed by atoms with Crippen LogP contribution in [0.4, 0.5) is 0 Å². The molecule has 1 N–H and O–H groups in total. The molecule has 3 aromatic heterocycles. The molecule has 0 fully saturated rings. The number of pyridine rings is 2. The minimum absolute atomic E-state index is 0.152. The van der Waals surface area contributed by atoms with E-state index in [9.17, 15) is 4.79 Å².